The number of carbonyl (C=O) groups is 2. The van der Waals surface area contributed by atoms with Crippen LogP contribution in [0.1, 0.15) is 81.7 Å². The third kappa shape index (κ3) is 6.38. The minimum Gasteiger partial charge on any atom is -0.444 e. The molecule has 9 heteroatoms. The highest BCUT2D eigenvalue weighted by Crippen LogP contribution is 2.47. The highest BCUT2D eigenvalue weighted by molar-refractivity contribution is 7.22. The van der Waals surface area contributed by atoms with Crippen molar-refractivity contribution in [3.63, 3.8) is 0 Å². The van der Waals surface area contributed by atoms with Gasteiger partial charge in [-0.1, -0.05) is 6.42 Å². The van der Waals surface area contributed by atoms with Crippen molar-refractivity contribution >= 4 is 44.8 Å². The second-order valence-electron chi connectivity index (χ2n) is 10.7. The van der Waals surface area contributed by atoms with E-state index in [2.05, 4.69) is 18.8 Å². The average Bonchev–Trinajstić information content (AvgIpc) is 3.38. The van der Waals surface area contributed by atoms with Crippen LogP contribution in [0.5, 0.6) is 0 Å². The molecule has 4 rings (SSSR count). The van der Waals surface area contributed by atoms with E-state index in [4.69, 9.17) is 14.5 Å². The van der Waals surface area contributed by atoms with E-state index in [0.29, 0.717) is 19.3 Å². The molecule has 0 saturated heterocycles. The number of rotatable bonds is 9. The average molecular weight is 544 g/mol. The summed E-state index contributed by atoms with van der Waals surface area (Å²) < 4.78 is 11.9. The largest absolute Gasteiger partial charge is 0.444 e. The molecule has 37 heavy (non-hydrogen) atoms. The highest BCUT2D eigenvalue weighted by atomic mass is 32.1. The van der Waals surface area contributed by atoms with Crippen molar-refractivity contribution in [2.45, 2.75) is 90.8 Å². The fourth-order valence-electron chi connectivity index (χ4n) is 4.90. The number of thiazole rings is 1. The number of fused-ring (bicyclic) bond motifs is 2. The van der Waals surface area contributed by atoms with Gasteiger partial charge in [-0.2, -0.15) is 0 Å². The van der Waals surface area contributed by atoms with Crippen molar-refractivity contribution in [3.05, 3.63) is 33.8 Å². The van der Waals surface area contributed by atoms with Crippen molar-refractivity contribution in [1.82, 2.24) is 14.9 Å². The van der Waals surface area contributed by atoms with Gasteiger partial charge in [-0.05, 0) is 65.5 Å². The van der Waals surface area contributed by atoms with Gasteiger partial charge in [0.05, 0.1) is 16.3 Å². The molecule has 1 aliphatic rings. The maximum atomic E-state index is 13.1. The first-order chi connectivity index (χ1) is 17.6. The second-order valence-corrected chi connectivity index (χ2v) is 12.9. The Morgan fingerprint density at radius 2 is 1.95 bits per heavy atom. The van der Waals surface area contributed by atoms with E-state index in [0.717, 1.165) is 56.4 Å². The van der Waals surface area contributed by atoms with Gasteiger partial charge >= 0.3 is 6.09 Å². The molecular weight excluding hydrogens is 506 g/mol. The maximum Gasteiger partial charge on any atom is 0.411 e. The van der Waals surface area contributed by atoms with Crippen LogP contribution < -0.4 is 0 Å². The summed E-state index contributed by atoms with van der Waals surface area (Å²) in [7, 11) is 1.70. The second kappa shape index (κ2) is 11.6. The molecule has 7 nitrogen and oxygen atoms in total. The van der Waals surface area contributed by atoms with Gasteiger partial charge < -0.3 is 9.47 Å². The van der Waals surface area contributed by atoms with Crippen molar-refractivity contribution in [2.24, 2.45) is 0 Å². The van der Waals surface area contributed by atoms with E-state index in [1.165, 1.54) is 5.56 Å². The highest BCUT2D eigenvalue weighted by Gasteiger charge is 2.39. The number of methoxy groups -OCH3 is 1. The quantitative estimate of drug-likeness (QED) is 0.271. The normalized spacial score (nSPS) is 17.7. The zero-order valence-corrected chi connectivity index (χ0v) is 24.3. The number of hydrogen-bond donors (Lipinski definition) is 0. The van der Waals surface area contributed by atoms with E-state index in [1.54, 1.807) is 36.0 Å². The molecule has 2 unspecified atom stereocenters. The third-order valence-corrected chi connectivity index (χ3v) is 8.98. The van der Waals surface area contributed by atoms with Crippen LogP contribution >= 0.6 is 22.7 Å². The lowest BCUT2D eigenvalue weighted by atomic mass is 9.92. The molecule has 0 fully saturated rings. The zero-order chi connectivity index (χ0) is 26.7. The van der Waals surface area contributed by atoms with Crippen LogP contribution in [0.2, 0.25) is 0 Å². The Kier molecular flexibility index (Phi) is 8.66. The number of ether oxygens (including phenoxy) is 2. The Morgan fingerprint density at radius 3 is 2.65 bits per heavy atom. The van der Waals surface area contributed by atoms with Crippen LogP contribution in [0.25, 0.3) is 20.8 Å². The predicted octanol–water partition coefficient (Wildman–Crippen LogP) is 6.98. The molecule has 4 heterocycles. The number of hydrogen-bond acceptors (Lipinski definition) is 8. The van der Waals surface area contributed by atoms with Gasteiger partial charge in [0.1, 0.15) is 16.4 Å². The first-order valence-corrected chi connectivity index (χ1v) is 14.6. The van der Waals surface area contributed by atoms with E-state index < -0.39 is 5.60 Å². The summed E-state index contributed by atoms with van der Waals surface area (Å²) in [5.41, 5.74) is 2.64. The van der Waals surface area contributed by atoms with Gasteiger partial charge in [0.25, 0.3) is 0 Å². The molecule has 0 spiro atoms. The van der Waals surface area contributed by atoms with E-state index in [1.807, 2.05) is 37.9 Å². The number of thiophene rings is 1. The summed E-state index contributed by atoms with van der Waals surface area (Å²) in [5, 5.41) is 0.925. The van der Waals surface area contributed by atoms with E-state index >= 15 is 0 Å². The molecule has 0 saturated carbocycles. The Labute approximate surface area is 227 Å². The van der Waals surface area contributed by atoms with E-state index in [-0.39, 0.29) is 24.0 Å². The molecule has 0 N–H and O–H groups in total. The maximum absolute atomic E-state index is 13.1. The van der Waals surface area contributed by atoms with Crippen LogP contribution in [-0.4, -0.2) is 52.1 Å². The first-order valence-electron chi connectivity index (χ1n) is 13.0. The van der Waals surface area contributed by atoms with Gasteiger partial charge in [-0.15, -0.1) is 22.7 Å². The molecule has 200 valence electrons. The molecule has 3 aromatic rings. The van der Waals surface area contributed by atoms with Gasteiger partial charge in [0.2, 0.25) is 0 Å². The van der Waals surface area contributed by atoms with Gasteiger partial charge in [0.15, 0.2) is 0 Å². The van der Waals surface area contributed by atoms with Crippen LogP contribution in [0.4, 0.5) is 4.79 Å². The Balaban J connectivity index is 1.68. The Morgan fingerprint density at radius 1 is 1.16 bits per heavy atom. The third-order valence-electron chi connectivity index (χ3n) is 6.55. The molecule has 0 radical (unpaired) electrons. The topological polar surface area (TPSA) is 81.6 Å². The summed E-state index contributed by atoms with van der Waals surface area (Å²) >= 11 is 3.27. The van der Waals surface area contributed by atoms with E-state index in [9.17, 15) is 9.59 Å². The van der Waals surface area contributed by atoms with Crippen LogP contribution in [-0.2, 0) is 27.1 Å². The number of nitrogens with zero attached hydrogens (tertiary/aromatic N) is 3. The zero-order valence-electron chi connectivity index (χ0n) is 22.6. The fraction of sp³-hybridized carbons (Fsp3) is 0.571. The molecule has 0 aromatic carbocycles. The lowest BCUT2D eigenvalue weighted by Crippen LogP contribution is -2.46. The number of unbranched alkanes of at least 4 members (excludes halogenated alkanes) is 2. The first kappa shape index (κ1) is 27.7. The van der Waals surface area contributed by atoms with Crippen LogP contribution in [0.3, 0.4) is 0 Å². The standard InChI is InChI=1S/C28H37N3O4S2/c1-17-14-20-24(26-30-21-11-12-29-16-23(21)37-26)22(15-19(32)10-8-7-9-13-34-6)36-25(20)18(2)31(17)27(33)35-28(3,4)5/h11-12,16-18H,7-10,13-15H2,1-6H3. The van der Waals surface area contributed by atoms with Crippen molar-refractivity contribution in [1.29, 1.82) is 0 Å². The van der Waals surface area contributed by atoms with Gasteiger partial charge in [-0.25, -0.2) is 9.78 Å². The summed E-state index contributed by atoms with van der Waals surface area (Å²) in [6.07, 6.45) is 7.77. The monoisotopic (exact) mass is 543 g/mol. The number of amides is 1. The molecule has 0 aliphatic carbocycles. The molecule has 2 atom stereocenters. The van der Waals surface area contributed by atoms with Crippen LogP contribution in [0, 0.1) is 0 Å². The van der Waals surface area contributed by atoms with Crippen LogP contribution in [0.15, 0.2) is 18.5 Å². The minimum atomic E-state index is -0.562. The molecular formula is C28H37N3O4S2. The number of Topliss-reactive ketones (excluding diaryl/α,β-unsaturated/α-hetero) is 1. The minimum absolute atomic E-state index is 0.0360. The summed E-state index contributed by atoms with van der Waals surface area (Å²) in [5.74, 6) is 0.241. The lowest BCUT2D eigenvalue weighted by Gasteiger charge is -2.39. The summed E-state index contributed by atoms with van der Waals surface area (Å²) in [6.45, 7) is 10.5. The Hall–Kier alpha value is -2.36. The summed E-state index contributed by atoms with van der Waals surface area (Å²) in [6, 6.07) is 1.74. The number of pyridine rings is 1. The smallest absolute Gasteiger partial charge is 0.411 e. The molecule has 1 aliphatic heterocycles. The van der Waals surface area contributed by atoms with Crippen molar-refractivity contribution in [3.8, 4) is 10.6 Å². The number of ketones is 1. The molecule has 3 aromatic heterocycles. The SMILES string of the molecule is COCCCCCC(=O)Cc1sc2c(c1-c1nc3ccncc3s1)CC(C)N(C(=O)OC(C)(C)C)C2C. The van der Waals surface area contributed by atoms with Gasteiger partial charge in [-0.3, -0.25) is 14.7 Å². The van der Waals surface area contributed by atoms with Crippen molar-refractivity contribution in [2.75, 3.05) is 13.7 Å². The fourth-order valence-corrected chi connectivity index (χ4v) is 7.41. The molecule has 0 bridgehead atoms. The number of aromatic nitrogens is 2. The molecule has 1 amide bonds. The summed E-state index contributed by atoms with van der Waals surface area (Å²) in [4.78, 5) is 39.4. The lowest BCUT2D eigenvalue weighted by molar-refractivity contribution is -0.118. The Bertz CT molecular complexity index is 1230. The number of carbonyl (C=O) groups excluding carboxylic acids is 2. The predicted molar refractivity (Wildman–Crippen MR) is 149 cm³/mol. The van der Waals surface area contributed by atoms with Gasteiger partial charge in [0, 0.05) is 60.3 Å². The van der Waals surface area contributed by atoms with Crippen molar-refractivity contribution < 1.29 is 19.1 Å².